The summed E-state index contributed by atoms with van der Waals surface area (Å²) in [4.78, 5) is 35.2. The number of amides is 1. The first-order valence-electron chi connectivity index (χ1n) is 14.3. The molecule has 2 aliphatic heterocycles. The number of nitrogens with zero attached hydrogens (tertiary/aromatic N) is 5. The Morgan fingerprint density at radius 2 is 1.86 bits per heavy atom. The van der Waals surface area contributed by atoms with Crippen LogP contribution in [0.3, 0.4) is 0 Å². The van der Waals surface area contributed by atoms with E-state index in [1.54, 1.807) is 16.1 Å². The SMILES string of the molecule is CCCOc1ccc(S(=O)(=O)N2CCN(CCO)CC2)cc1-c1nc2c(c(=O)[nH]1)N(Cc1ccccc1)N(CC(N)=O)C2. The molecule has 3 aromatic rings. The van der Waals surface area contributed by atoms with Crippen molar-refractivity contribution in [2.24, 2.45) is 5.73 Å². The zero-order chi connectivity index (χ0) is 30.6. The summed E-state index contributed by atoms with van der Waals surface area (Å²) in [5.74, 6) is 0.0120. The predicted molar refractivity (Wildman–Crippen MR) is 161 cm³/mol. The topological polar surface area (TPSA) is 165 Å². The predicted octanol–water partition coefficient (Wildman–Crippen LogP) is 0.747. The van der Waals surface area contributed by atoms with Crippen molar-refractivity contribution in [3.8, 4) is 17.1 Å². The van der Waals surface area contributed by atoms with E-state index in [0.717, 1.165) is 12.0 Å². The van der Waals surface area contributed by atoms with Gasteiger partial charge in [-0.1, -0.05) is 37.3 Å². The van der Waals surface area contributed by atoms with Gasteiger partial charge in [0.1, 0.15) is 17.3 Å². The number of hydrogen-bond acceptors (Lipinski definition) is 10. The van der Waals surface area contributed by atoms with Gasteiger partial charge >= 0.3 is 0 Å². The number of carbonyl (C=O) groups is 1. The zero-order valence-corrected chi connectivity index (χ0v) is 24.9. The largest absolute Gasteiger partial charge is 0.493 e. The molecule has 4 N–H and O–H groups in total. The van der Waals surface area contributed by atoms with Crippen LogP contribution >= 0.6 is 0 Å². The standard InChI is InChI=1S/C29H37N7O6S/c1-2-16-42-25-9-8-22(43(40,41)35-12-10-33(11-13-35)14-15-37)17-23(25)28-31-24-19-34(20-26(30)38)36(27(24)29(39)32-28)18-21-6-4-3-5-7-21/h3-9,17,37H,2,10-16,18-20H2,1H3,(H2,30,38)(H,31,32,39). The molecule has 2 aliphatic rings. The number of aliphatic hydroxyl groups excluding tert-OH is 1. The number of aromatic nitrogens is 2. The molecule has 1 fully saturated rings. The third kappa shape index (κ3) is 6.73. The van der Waals surface area contributed by atoms with Gasteiger partial charge in [0.2, 0.25) is 15.9 Å². The van der Waals surface area contributed by atoms with E-state index in [1.807, 2.05) is 42.2 Å². The number of benzene rings is 2. The molecule has 0 bridgehead atoms. The van der Waals surface area contributed by atoms with Gasteiger partial charge in [-0.15, -0.1) is 0 Å². The normalized spacial score (nSPS) is 16.4. The number of nitrogens with one attached hydrogen (secondary N) is 1. The van der Waals surface area contributed by atoms with Crippen LogP contribution in [0.4, 0.5) is 5.69 Å². The van der Waals surface area contributed by atoms with E-state index in [0.29, 0.717) is 68.6 Å². The smallest absolute Gasteiger partial charge is 0.276 e. The zero-order valence-electron chi connectivity index (χ0n) is 24.1. The fourth-order valence-corrected chi connectivity index (χ4v) is 6.80. The molecular formula is C29H37N7O6S. The fraction of sp³-hybridized carbons (Fsp3) is 0.414. The number of aromatic amines is 1. The number of rotatable bonds is 12. The molecule has 1 saturated heterocycles. The lowest BCUT2D eigenvalue weighted by molar-refractivity contribution is -0.119. The maximum absolute atomic E-state index is 13.6. The summed E-state index contributed by atoms with van der Waals surface area (Å²) in [6.45, 7) is 4.89. The number of β-amino-alcohol motifs (C(OH)–C–C–N with tert-alkyl or cyclic N) is 1. The maximum Gasteiger partial charge on any atom is 0.276 e. The van der Waals surface area contributed by atoms with E-state index >= 15 is 0 Å². The number of hydrazine groups is 1. The number of nitrogens with two attached hydrogens (primary N) is 1. The van der Waals surface area contributed by atoms with Gasteiger partial charge in [-0.05, 0) is 30.2 Å². The Labute approximate surface area is 250 Å². The van der Waals surface area contributed by atoms with Crippen LogP contribution < -0.4 is 21.0 Å². The molecule has 0 radical (unpaired) electrons. The van der Waals surface area contributed by atoms with E-state index in [2.05, 4.69) is 4.98 Å². The Bertz CT molecular complexity index is 1610. The molecule has 230 valence electrons. The van der Waals surface area contributed by atoms with Crippen LogP contribution in [0.1, 0.15) is 24.6 Å². The summed E-state index contributed by atoms with van der Waals surface area (Å²) in [5, 5.41) is 12.6. The van der Waals surface area contributed by atoms with E-state index in [1.165, 1.54) is 16.4 Å². The van der Waals surface area contributed by atoms with Crippen molar-refractivity contribution < 1.29 is 23.1 Å². The van der Waals surface area contributed by atoms with Gasteiger partial charge in [-0.3, -0.25) is 19.5 Å². The molecule has 14 heteroatoms. The molecular weight excluding hydrogens is 574 g/mol. The number of anilines is 1. The third-order valence-corrected chi connectivity index (χ3v) is 9.36. The van der Waals surface area contributed by atoms with Crippen molar-refractivity contribution in [3.63, 3.8) is 0 Å². The minimum atomic E-state index is -3.85. The first-order valence-corrected chi connectivity index (χ1v) is 15.7. The van der Waals surface area contributed by atoms with Crippen molar-refractivity contribution in [1.82, 2.24) is 24.2 Å². The number of piperazine rings is 1. The van der Waals surface area contributed by atoms with Crippen molar-refractivity contribution in [1.29, 1.82) is 0 Å². The van der Waals surface area contributed by atoms with Crippen LogP contribution in [0, 0.1) is 0 Å². The Morgan fingerprint density at radius 1 is 1.12 bits per heavy atom. The molecule has 0 spiro atoms. The summed E-state index contributed by atoms with van der Waals surface area (Å²) in [6, 6.07) is 14.1. The molecule has 0 aliphatic carbocycles. The van der Waals surface area contributed by atoms with Crippen molar-refractivity contribution >= 4 is 21.6 Å². The molecule has 1 aromatic heterocycles. The highest BCUT2D eigenvalue weighted by atomic mass is 32.2. The molecule has 5 rings (SSSR count). The molecule has 0 unspecified atom stereocenters. The minimum Gasteiger partial charge on any atom is -0.493 e. The number of sulfonamides is 1. The molecule has 0 saturated carbocycles. The Balaban J connectivity index is 1.52. The summed E-state index contributed by atoms with van der Waals surface area (Å²) in [6.07, 6.45) is 0.724. The monoisotopic (exact) mass is 611 g/mol. The fourth-order valence-electron chi connectivity index (χ4n) is 5.35. The van der Waals surface area contributed by atoms with E-state index < -0.39 is 21.5 Å². The quantitative estimate of drug-likeness (QED) is 0.266. The number of hydrogen-bond donors (Lipinski definition) is 3. The number of carbonyl (C=O) groups excluding carboxylic acids is 1. The van der Waals surface area contributed by atoms with Gasteiger partial charge in [0.05, 0.1) is 49.0 Å². The number of primary amides is 1. The van der Waals surface area contributed by atoms with Crippen molar-refractivity contribution in [2.75, 3.05) is 57.5 Å². The van der Waals surface area contributed by atoms with Gasteiger partial charge in [0.15, 0.2) is 0 Å². The molecule has 3 heterocycles. The van der Waals surface area contributed by atoms with Gasteiger partial charge in [0, 0.05) is 32.7 Å². The summed E-state index contributed by atoms with van der Waals surface area (Å²) < 4.78 is 34.7. The lowest BCUT2D eigenvalue weighted by atomic mass is 10.1. The highest BCUT2D eigenvalue weighted by Crippen LogP contribution is 2.34. The highest BCUT2D eigenvalue weighted by Gasteiger charge is 2.34. The molecule has 2 aromatic carbocycles. The van der Waals surface area contributed by atoms with Crippen LogP contribution in [0.15, 0.2) is 58.2 Å². The summed E-state index contributed by atoms with van der Waals surface area (Å²) in [5.41, 5.74) is 7.10. The number of H-pyrrole nitrogens is 1. The number of ether oxygens (including phenoxy) is 1. The molecule has 13 nitrogen and oxygen atoms in total. The van der Waals surface area contributed by atoms with Crippen LogP contribution in [0.5, 0.6) is 5.75 Å². The Hall–Kier alpha value is -3.82. The van der Waals surface area contributed by atoms with Crippen LogP contribution in [0.25, 0.3) is 11.4 Å². The number of aliphatic hydroxyl groups is 1. The van der Waals surface area contributed by atoms with Crippen LogP contribution in [-0.2, 0) is 27.9 Å². The van der Waals surface area contributed by atoms with Gasteiger partial charge < -0.3 is 20.6 Å². The number of fused-ring (bicyclic) bond motifs is 1. The lowest BCUT2D eigenvalue weighted by Crippen LogP contribution is -2.49. The second-order valence-electron chi connectivity index (χ2n) is 10.5. The van der Waals surface area contributed by atoms with Gasteiger partial charge in [-0.25, -0.2) is 18.4 Å². The summed E-state index contributed by atoms with van der Waals surface area (Å²) >= 11 is 0. The van der Waals surface area contributed by atoms with Gasteiger partial charge in [-0.2, -0.15) is 4.31 Å². The second kappa shape index (κ2) is 13.2. The van der Waals surface area contributed by atoms with Crippen LogP contribution in [0.2, 0.25) is 0 Å². The lowest BCUT2D eigenvalue weighted by Gasteiger charge is -2.33. The maximum atomic E-state index is 13.6. The second-order valence-corrected chi connectivity index (χ2v) is 12.5. The minimum absolute atomic E-state index is 0.0195. The van der Waals surface area contributed by atoms with Crippen LogP contribution in [-0.4, -0.2) is 96.1 Å². The third-order valence-electron chi connectivity index (χ3n) is 7.47. The van der Waals surface area contributed by atoms with E-state index in [-0.39, 0.29) is 30.4 Å². The van der Waals surface area contributed by atoms with E-state index in [4.69, 9.17) is 15.5 Å². The average Bonchev–Trinajstić information content (AvgIpc) is 3.33. The molecule has 1 amide bonds. The summed E-state index contributed by atoms with van der Waals surface area (Å²) in [7, 11) is -3.85. The molecule has 43 heavy (non-hydrogen) atoms. The van der Waals surface area contributed by atoms with Gasteiger partial charge in [0.25, 0.3) is 5.56 Å². The van der Waals surface area contributed by atoms with Crippen molar-refractivity contribution in [2.45, 2.75) is 31.3 Å². The van der Waals surface area contributed by atoms with Crippen molar-refractivity contribution in [3.05, 3.63) is 70.1 Å². The Kier molecular flexibility index (Phi) is 9.42. The molecule has 0 atom stereocenters. The first-order chi connectivity index (χ1) is 20.7. The highest BCUT2D eigenvalue weighted by molar-refractivity contribution is 7.89. The Morgan fingerprint density at radius 3 is 2.53 bits per heavy atom. The van der Waals surface area contributed by atoms with E-state index in [9.17, 15) is 23.1 Å². The average molecular weight is 612 g/mol. The first kappa shape index (κ1) is 30.6.